The van der Waals surface area contributed by atoms with E-state index in [4.69, 9.17) is 4.74 Å². The maximum Gasteiger partial charge on any atom is 0.326 e. The number of carbonyl (C=O) groups excluding carboxylic acids is 1. The van der Waals surface area contributed by atoms with Crippen molar-refractivity contribution in [3.8, 4) is 16.9 Å². The summed E-state index contributed by atoms with van der Waals surface area (Å²) >= 11 is 0. The molecule has 3 aromatic carbocycles. The molecule has 0 bridgehead atoms. The Hall–Kier alpha value is -4.14. The number of aliphatic carboxylic acids is 1. The Balaban J connectivity index is 1.45. The molecule has 1 amide bonds. The van der Waals surface area contributed by atoms with E-state index in [0.717, 1.165) is 17.7 Å². The van der Waals surface area contributed by atoms with Gasteiger partial charge < -0.3 is 14.7 Å². The summed E-state index contributed by atoms with van der Waals surface area (Å²) < 4.78 is 33.1. The Morgan fingerprint density at radius 2 is 1.80 bits per heavy atom. The van der Waals surface area contributed by atoms with E-state index in [1.807, 2.05) is 0 Å². The third-order valence-electron chi connectivity index (χ3n) is 5.92. The highest BCUT2D eigenvalue weighted by Gasteiger charge is 2.34. The van der Waals surface area contributed by atoms with E-state index in [1.54, 1.807) is 48.5 Å². The first-order valence-electron chi connectivity index (χ1n) is 11.0. The van der Waals surface area contributed by atoms with Crippen LogP contribution in [0.1, 0.15) is 34.3 Å². The zero-order chi connectivity index (χ0) is 24.9. The molecule has 35 heavy (non-hydrogen) atoms. The number of amides is 1. The van der Waals surface area contributed by atoms with Crippen LogP contribution < -0.4 is 4.74 Å². The maximum absolute atomic E-state index is 13.8. The van der Waals surface area contributed by atoms with Gasteiger partial charge in [-0.05, 0) is 71.5 Å². The number of likely N-dealkylation sites (tertiary alicyclic amines) is 1. The molecule has 0 radical (unpaired) electrons. The summed E-state index contributed by atoms with van der Waals surface area (Å²) in [5.74, 6) is -2.89. The summed E-state index contributed by atoms with van der Waals surface area (Å²) in [4.78, 5) is 36.3. The number of carboxylic acid groups (broad SMARTS) is 1. The summed E-state index contributed by atoms with van der Waals surface area (Å²) in [6, 6.07) is 14.7. The number of rotatable bonds is 8. The van der Waals surface area contributed by atoms with Gasteiger partial charge >= 0.3 is 5.97 Å². The topological polar surface area (TPSA) is 96.3 Å². The van der Waals surface area contributed by atoms with Crippen LogP contribution >= 0.6 is 0 Å². The minimum absolute atomic E-state index is 0.161. The van der Waals surface area contributed by atoms with Crippen molar-refractivity contribution in [2.45, 2.75) is 32.0 Å². The molecule has 1 heterocycles. The third-order valence-corrected chi connectivity index (χ3v) is 5.92. The number of benzene rings is 3. The summed E-state index contributed by atoms with van der Waals surface area (Å²) in [5.41, 5.74) is 2.33. The molecular formula is C26H22F2N2O5. The van der Waals surface area contributed by atoms with E-state index >= 15 is 0 Å². The number of nitroso groups, excluding NO2 is 1. The number of hydrogen-bond acceptors (Lipinski definition) is 5. The summed E-state index contributed by atoms with van der Waals surface area (Å²) in [6.07, 6.45) is 1.09. The molecule has 1 fully saturated rings. The average molecular weight is 480 g/mol. The van der Waals surface area contributed by atoms with E-state index < -0.39 is 23.6 Å². The third kappa shape index (κ3) is 5.34. The molecule has 1 aliphatic rings. The normalized spacial score (nSPS) is 15.1. The number of ether oxygens (including phenoxy) is 1. The second-order valence-electron chi connectivity index (χ2n) is 8.22. The fourth-order valence-corrected chi connectivity index (χ4v) is 4.18. The van der Waals surface area contributed by atoms with Gasteiger partial charge in [0.2, 0.25) is 0 Å². The van der Waals surface area contributed by atoms with Crippen molar-refractivity contribution in [3.05, 3.63) is 93.9 Å². The van der Waals surface area contributed by atoms with Gasteiger partial charge in [-0.1, -0.05) is 29.4 Å². The van der Waals surface area contributed by atoms with Gasteiger partial charge in [0.15, 0.2) is 11.6 Å². The fraction of sp³-hybridized carbons (Fsp3) is 0.231. The lowest BCUT2D eigenvalue weighted by Gasteiger charge is -2.21. The number of nitrogens with zero attached hydrogens (tertiary/aromatic N) is 2. The summed E-state index contributed by atoms with van der Waals surface area (Å²) in [6.45, 7) is 0.282. The lowest BCUT2D eigenvalue weighted by atomic mass is 9.99. The smallest absolute Gasteiger partial charge is 0.326 e. The van der Waals surface area contributed by atoms with Crippen LogP contribution in [0, 0.1) is 16.5 Å². The Bertz CT molecular complexity index is 1260. The van der Waals surface area contributed by atoms with Crippen LogP contribution in [0.15, 0.2) is 65.8 Å². The van der Waals surface area contributed by atoms with Crippen molar-refractivity contribution in [3.63, 3.8) is 0 Å². The van der Waals surface area contributed by atoms with Crippen molar-refractivity contribution < 1.29 is 28.2 Å². The van der Waals surface area contributed by atoms with Gasteiger partial charge in [0, 0.05) is 12.1 Å². The molecule has 0 aromatic heterocycles. The highest BCUT2D eigenvalue weighted by molar-refractivity contribution is 5.97. The minimum Gasteiger partial charge on any atom is -0.489 e. The Morgan fingerprint density at radius 1 is 1.06 bits per heavy atom. The standard InChI is InChI=1S/C26H22F2N2O5/c27-22-12-19(14-29-34)21(13-23(22)28)17-6-8-20(9-7-17)35-15-16-3-1-4-18(11-16)25(31)30-10-2-5-24(30)26(32)33/h1,3-4,6-9,11-13,24H,2,5,10,14-15H2,(H,32,33)/t24-/m0/s1. The van der Waals surface area contributed by atoms with Crippen molar-refractivity contribution in [1.29, 1.82) is 0 Å². The number of carboxylic acids is 1. The molecule has 180 valence electrons. The van der Waals surface area contributed by atoms with E-state index in [-0.39, 0.29) is 24.6 Å². The molecule has 1 atom stereocenters. The minimum atomic E-state index is -1.05. The molecule has 4 rings (SSSR count). The molecule has 0 spiro atoms. The van der Waals surface area contributed by atoms with Gasteiger partial charge in [-0.15, -0.1) is 0 Å². The van der Waals surface area contributed by atoms with E-state index in [9.17, 15) is 28.4 Å². The Labute approximate surface area is 199 Å². The zero-order valence-electron chi connectivity index (χ0n) is 18.6. The lowest BCUT2D eigenvalue weighted by molar-refractivity contribution is -0.141. The Kier molecular flexibility index (Phi) is 7.14. The highest BCUT2D eigenvalue weighted by Crippen LogP contribution is 2.29. The van der Waals surface area contributed by atoms with Crippen LogP contribution in [0.5, 0.6) is 5.75 Å². The average Bonchev–Trinajstić information content (AvgIpc) is 3.36. The predicted molar refractivity (Wildman–Crippen MR) is 124 cm³/mol. The fourth-order valence-electron chi connectivity index (χ4n) is 4.18. The van der Waals surface area contributed by atoms with Crippen LogP contribution in [-0.2, 0) is 17.9 Å². The first-order valence-corrected chi connectivity index (χ1v) is 11.0. The van der Waals surface area contributed by atoms with Gasteiger partial charge in [0.05, 0.1) is 0 Å². The van der Waals surface area contributed by atoms with Gasteiger partial charge in [0.1, 0.15) is 24.9 Å². The van der Waals surface area contributed by atoms with Crippen LogP contribution in [0.2, 0.25) is 0 Å². The zero-order valence-corrected chi connectivity index (χ0v) is 18.6. The largest absolute Gasteiger partial charge is 0.489 e. The van der Waals surface area contributed by atoms with Gasteiger partial charge in [-0.2, -0.15) is 4.91 Å². The molecule has 0 saturated carbocycles. The summed E-state index contributed by atoms with van der Waals surface area (Å²) in [7, 11) is 0. The molecule has 3 aromatic rings. The number of carbonyl (C=O) groups is 2. The molecule has 1 aliphatic heterocycles. The molecule has 1 saturated heterocycles. The SMILES string of the molecule is O=NCc1cc(F)c(F)cc1-c1ccc(OCc2cccc(C(=O)N3CCC[C@H]3C(=O)O)c2)cc1. The van der Waals surface area contributed by atoms with Crippen molar-refractivity contribution in [1.82, 2.24) is 4.90 Å². The molecule has 0 aliphatic carbocycles. The number of hydrogen-bond donors (Lipinski definition) is 1. The van der Waals surface area contributed by atoms with E-state index in [1.165, 1.54) is 4.90 Å². The monoisotopic (exact) mass is 480 g/mol. The quantitative estimate of drug-likeness (QED) is 0.449. The second-order valence-corrected chi connectivity index (χ2v) is 8.22. The molecule has 7 nitrogen and oxygen atoms in total. The predicted octanol–water partition coefficient (Wildman–Crippen LogP) is 5.17. The first-order chi connectivity index (χ1) is 16.9. The van der Waals surface area contributed by atoms with Crippen molar-refractivity contribution in [2.75, 3.05) is 6.54 Å². The summed E-state index contributed by atoms with van der Waals surface area (Å²) in [5, 5.41) is 12.1. The molecule has 1 N–H and O–H groups in total. The van der Waals surface area contributed by atoms with Crippen molar-refractivity contribution in [2.24, 2.45) is 5.18 Å². The van der Waals surface area contributed by atoms with E-state index in [0.29, 0.717) is 41.8 Å². The molecule has 9 heteroatoms. The highest BCUT2D eigenvalue weighted by atomic mass is 19.2. The second kappa shape index (κ2) is 10.4. The van der Waals surface area contributed by atoms with E-state index in [2.05, 4.69) is 5.18 Å². The number of halogens is 2. The molecular weight excluding hydrogens is 458 g/mol. The van der Waals surface area contributed by atoms with Crippen molar-refractivity contribution >= 4 is 11.9 Å². The first kappa shape index (κ1) is 24.0. The van der Waals surface area contributed by atoms with Crippen LogP contribution in [-0.4, -0.2) is 34.5 Å². The maximum atomic E-state index is 13.8. The van der Waals surface area contributed by atoms with Gasteiger partial charge in [-0.25, -0.2) is 13.6 Å². The van der Waals surface area contributed by atoms with Crippen LogP contribution in [0.4, 0.5) is 8.78 Å². The van der Waals surface area contributed by atoms with Crippen LogP contribution in [0.25, 0.3) is 11.1 Å². The van der Waals surface area contributed by atoms with Gasteiger partial charge in [-0.3, -0.25) is 4.79 Å². The lowest BCUT2D eigenvalue weighted by Crippen LogP contribution is -2.40. The van der Waals surface area contributed by atoms with Crippen LogP contribution in [0.3, 0.4) is 0 Å². The molecule has 0 unspecified atom stereocenters. The Morgan fingerprint density at radius 3 is 2.51 bits per heavy atom. The van der Waals surface area contributed by atoms with Gasteiger partial charge in [0.25, 0.3) is 5.91 Å².